The van der Waals surface area contributed by atoms with Crippen molar-refractivity contribution in [2.45, 2.75) is 13.0 Å². The first-order valence-electron chi connectivity index (χ1n) is 7.35. The normalized spacial score (nSPS) is 12.5. The number of sulfonamides is 1. The predicted octanol–water partition coefficient (Wildman–Crippen LogP) is 2.47. The van der Waals surface area contributed by atoms with Crippen LogP contribution in [0.5, 0.6) is 0 Å². The Kier molecular flexibility index (Phi) is 5.56. The van der Waals surface area contributed by atoms with E-state index in [-0.39, 0.29) is 11.7 Å². The van der Waals surface area contributed by atoms with E-state index in [1.54, 1.807) is 6.92 Å². The van der Waals surface area contributed by atoms with Gasteiger partial charge in [-0.25, -0.2) is 12.8 Å². The van der Waals surface area contributed by atoms with Gasteiger partial charge in [-0.05, 0) is 24.6 Å². The fourth-order valence-corrected chi connectivity index (χ4v) is 3.13. The third-order valence-corrected chi connectivity index (χ3v) is 4.61. The molecule has 2 rings (SSSR count). The van der Waals surface area contributed by atoms with E-state index >= 15 is 0 Å². The maximum Gasteiger partial charge on any atom is 0.241 e. The molecule has 2 aromatic carbocycles. The molecule has 0 bridgehead atoms. The summed E-state index contributed by atoms with van der Waals surface area (Å²) >= 11 is 0. The molecule has 0 fully saturated rings. The molecule has 1 N–H and O–H groups in total. The van der Waals surface area contributed by atoms with E-state index in [0.29, 0.717) is 0 Å². The highest BCUT2D eigenvalue weighted by atomic mass is 32.2. The van der Waals surface area contributed by atoms with E-state index in [1.807, 2.05) is 30.3 Å². The minimum Gasteiger partial charge on any atom is -0.348 e. The number of benzene rings is 2. The molecule has 0 aliphatic carbocycles. The number of nitrogens with one attached hydrogen (secondary N) is 1. The van der Waals surface area contributed by atoms with E-state index in [0.717, 1.165) is 22.2 Å². The number of nitrogens with zero attached hydrogens (tertiary/aromatic N) is 1. The minimum absolute atomic E-state index is 0.150. The number of anilines is 1. The Bertz CT molecular complexity index is 810. The first-order valence-corrected chi connectivity index (χ1v) is 9.20. The van der Waals surface area contributed by atoms with Gasteiger partial charge in [0.1, 0.15) is 12.4 Å². The molecule has 5 nitrogen and oxygen atoms in total. The van der Waals surface area contributed by atoms with Crippen LogP contribution in [0, 0.1) is 5.82 Å². The van der Waals surface area contributed by atoms with Gasteiger partial charge in [-0.1, -0.05) is 42.5 Å². The summed E-state index contributed by atoms with van der Waals surface area (Å²) in [5.74, 6) is -1.22. The van der Waals surface area contributed by atoms with Gasteiger partial charge in [-0.15, -0.1) is 0 Å². The monoisotopic (exact) mass is 350 g/mol. The lowest BCUT2D eigenvalue weighted by atomic mass is 10.1. The summed E-state index contributed by atoms with van der Waals surface area (Å²) in [7, 11) is -3.80. The van der Waals surface area contributed by atoms with Crippen LogP contribution >= 0.6 is 0 Å². The van der Waals surface area contributed by atoms with Crippen LogP contribution in [0.15, 0.2) is 54.6 Å². The van der Waals surface area contributed by atoms with Crippen molar-refractivity contribution < 1.29 is 17.6 Å². The second kappa shape index (κ2) is 7.44. The van der Waals surface area contributed by atoms with Crippen LogP contribution in [0.25, 0.3) is 0 Å². The van der Waals surface area contributed by atoms with E-state index in [1.165, 1.54) is 18.2 Å². The number of carbonyl (C=O) groups is 1. The fraction of sp³-hybridized carbons (Fsp3) is 0.235. The Morgan fingerprint density at radius 3 is 2.29 bits per heavy atom. The van der Waals surface area contributed by atoms with Gasteiger partial charge in [0.25, 0.3) is 0 Å². The third kappa shape index (κ3) is 4.55. The summed E-state index contributed by atoms with van der Waals surface area (Å²) in [5.41, 5.74) is 0.741. The summed E-state index contributed by atoms with van der Waals surface area (Å²) in [5, 5.41) is 2.72. The summed E-state index contributed by atoms with van der Waals surface area (Å²) in [6, 6.07) is 14.4. The zero-order valence-electron chi connectivity index (χ0n) is 13.4. The molecular formula is C17H19FN2O3S. The lowest BCUT2D eigenvalue weighted by Gasteiger charge is -2.23. The quantitative estimate of drug-likeness (QED) is 0.870. The first kappa shape index (κ1) is 17.9. The molecule has 1 atom stereocenters. The average Bonchev–Trinajstić information content (AvgIpc) is 2.53. The molecule has 0 radical (unpaired) electrons. The number of amides is 1. The van der Waals surface area contributed by atoms with Crippen LogP contribution in [-0.2, 0) is 14.8 Å². The number of carbonyl (C=O) groups excluding carboxylic acids is 1. The Labute approximate surface area is 141 Å². The molecule has 0 aliphatic heterocycles. The zero-order chi connectivity index (χ0) is 17.7. The summed E-state index contributed by atoms with van der Waals surface area (Å²) in [6.45, 7) is 1.30. The Morgan fingerprint density at radius 2 is 1.71 bits per heavy atom. The number of hydrogen-bond donors (Lipinski definition) is 1. The third-order valence-electron chi connectivity index (χ3n) is 3.49. The smallest absolute Gasteiger partial charge is 0.241 e. The molecule has 0 heterocycles. The van der Waals surface area contributed by atoms with Crippen LogP contribution in [-0.4, -0.2) is 27.1 Å². The van der Waals surface area contributed by atoms with Crippen molar-refractivity contribution in [1.82, 2.24) is 5.32 Å². The molecule has 7 heteroatoms. The van der Waals surface area contributed by atoms with Crippen molar-refractivity contribution in [2.24, 2.45) is 0 Å². The summed E-state index contributed by atoms with van der Waals surface area (Å²) in [6.07, 6.45) is 0.938. The largest absolute Gasteiger partial charge is 0.348 e. The van der Waals surface area contributed by atoms with Crippen molar-refractivity contribution in [3.8, 4) is 0 Å². The molecule has 2 aromatic rings. The van der Waals surface area contributed by atoms with Crippen LogP contribution in [0.4, 0.5) is 10.1 Å². The predicted molar refractivity (Wildman–Crippen MR) is 91.6 cm³/mol. The Balaban J connectivity index is 2.16. The Hall–Kier alpha value is -2.41. The number of hydrogen-bond acceptors (Lipinski definition) is 3. The van der Waals surface area contributed by atoms with Gasteiger partial charge in [0, 0.05) is 0 Å². The van der Waals surface area contributed by atoms with Crippen LogP contribution in [0.1, 0.15) is 18.5 Å². The van der Waals surface area contributed by atoms with Gasteiger partial charge in [0.15, 0.2) is 0 Å². The zero-order valence-corrected chi connectivity index (χ0v) is 14.3. The summed E-state index contributed by atoms with van der Waals surface area (Å²) in [4.78, 5) is 12.2. The lowest BCUT2D eigenvalue weighted by molar-refractivity contribution is -0.120. The van der Waals surface area contributed by atoms with E-state index in [4.69, 9.17) is 0 Å². The van der Waals surface area contributed by atoms with Crippen molar-refractivity contribution in [2.75, 3.05) is 17.1 Å². The number of halogens is 1. The second-order valence-electron chi connectivity index (χ2n) is 5.42. The second-order valence-corrected chi connectivity index (χ2v) is 7.33. The van der Waals surface area contributed by atoms with Crippen molar-refractivity contribution in [3.05, 3.63) is 66.0 Å². The van der Waals surface area contributed by atoms with E-state index < -0.39 is 28.3 Å². The van der Waals surface area contributed by atoms with Gasteiger partial charge in [0.2, 0.25) is 15.9 Å². The van der Waals surface area contributed by atoms with Crippen molar-refractivity contribution in [1.29, 1.82) is 0 Å². The van der Waals surface area contributed by atoms with Gasteiger partial charge in [0.05, 0.1) is 18.0 Å². The maximum absolute atomic E-state index is 13.9. The molecule has 1 amide bonds. The molecular weight excluding hydrogens is 331 g/mol. The van der Waals surface area contributed by atoms with Crippen molar-refractivity contribution >= 4 is 21.6 Å². The van der Waals surface area contributed by atoms with Gasteiger partial charge in [-0.3, -0.25) is 9.10 Å². The van der Waals surface area contributed by atoms with Gasteiger partial charge < -0.3 is 5.32 Å². The standard InChI is InChI=1S/C17H19FN2O3S/c1-13(14-8-4-3-5-9-14)19-17(21)12-20(24(2,22)23)16-11-7-6-10-15(16)18/h3-11,13H,12H2,1-2H3,(H,19,21)/t13-/m0/s1. The lowest BCUT2D eigenvalue weighted by Crippen LogP contribution is -2.41. The maximum atomic E-state index is 13.9. The molecule has 0 saturated heterocycles. The number of rotatable bonds is 6. The van der Waals surface area contributed by atoms with Gasteiger partial charge >= 0.3 is 0 Å². The molecule has 0 saturated carbocycles. The molecule has 0 aliphatic rings. The highest BCUT2D eigenvalue weighted by Crippen LogP contribution is 2.21. The molecule has 128 valence electrons. The minimum atomic E-state index is -3.80. The van der Waals surface area contributed by atoms with Crippen LogP contribution in [0.2, 0.25) is 0 Å². The average molecular weight is 350 g/mol. The number of para-hydroxylation sites is 1. The fourth-order valence-electron chi connectivity index (χ4n) is 2.28. The van der Waals surface area contributed by atoms with E-state index in [2.05, 4.69) is 5.32 Å². The molecule has 0 spiro atoms. The first-order chi connectivity index (χ1) is 11.3. The highest BCUT2D eigenvalue weighted by molar-refractivity contribution is 7.92. The topological polar surface area (TPSA) is 66.5 Å². The van der Waals surface area contributed by atoms with Crippen LogP contribution in [0.3, 0.4) is 0 Å². The van der Waals surface area contributed by atoms with Crippen LogP contribution < -0.4 is 9.62 Å². The van der Waals surface area contributed by atoms with E-state index in [9.17, 15) is 17.6 Å². The molecule has 24 heavy (non-hydrogen) atoms. The van der Waals surface area contributed by atoms with Crippen molar-refractivity contribution in [3.63, 3.8) is 0 Å². The highest BCUT2D eigenvalue weighted by Gasteiger charge is 2.24. The molecule has 0 unspecified atom stereocenters. The SMILES string of the molecule is C[C@H](NC(=O)CN(c1ccccc1F)S(C)(=O)=O)c1ccccc1. The summed E-state index contributed by atoms with van der Waals surface area (Å²) < 4.78 is 38.6. The Morgan fingerprint density at radius 1 is 1.12 bits per heavy atom. The molecule has 0 aromatic heterocycles. The van der Waals surface area contributed by atoms with Gasteiger partial charge in [-0.2, -0.15) is 0 Å².